The van der Waals surface area contributed by atoms with Crippen LogP contribution in [-0.4, -0.2) is 11.5 Å². The Labute approximate surface area is 124 Å². The molecule has 0 saturated heterocycles. The van der Waals surface area contributed by atoms with E-state index in [2.05, 4.69) is 4.98 Å². The molecule has 0 spiro atoms. The molecule has 2 aromatic rings. The van der Waals surface area contributed by atoms with E-state index >= 15 is 0 Å². The number of alkyl halides is 1. The van der Waals surface area contributed by atoms with E-state index in [9.17, 15) is 4.39 Å². The summed E-state index contributed by atoms with van der Waals surface area (Å²) in [6.07, 6.45) is 0.826. The maximum atomic E-state index is 14.0. The molecule has 0 aliphatic carbocycles. The Morgan fingerprint density at radius 1 is 1.20 bits per heavy atom. The average Bonchev–Trinajstić information content (AvgIpc) is 2.49. The van der Waals surface area contributed by atoms with Gasteiger partial charge in [0.2, 0.25) is 0 Å². The van der Waals surface area contributed by atoms with Gasteiger partial charge in [0.25, 0.3) is 0 Å². The normalized spacial score (nSPS) is 10.6. The fraction of sp³-hybridized carbons (Fsp3) is 0.312. The van der Waals surface area contributed by atoms with Crippen LogP contribution >= 0.6 is 11.6 Å². The van der Waals surface area contributed by atoms with Crippen LogP contribution in [0.5, 0.6) is 0 Å². The highest BCUT2D eigenvalue weighted by atomic mass is 35.5. The van der Waals surface area contributed by atoms with E-state index in [1.54, 1.807) is 12.1 Å². The molecule has 0 fully saturated rings. The van der Waals surface area contributed by atoms with E-state index in [1.165, 1.54) is 6.07 Å². The number of hydrogen-bond acceptors (Lipinski definition) is 2. The molecule has 2 nitrogen and oxygen atoms in total. The van der Waals surface area contributed by atoms with Gasteiger partial charge in [-0.05, 0) is 43.2 Å². The molecule has 0 aliphatic heterocycles. The Morgan fingerprint density at radius 3 is 2.55 bits per heavy atom. The minimum Gasteiger partial charge on any atom is -0.324 e. The molecule has 0 N–H and O–H groups in total. The van der Waals surface area contributed by atoms with Crippen molar-refractivity contribution in [1.29, 1.82) is 0 Å². The van der Waals surface area contributed by atoms with Gasteiger partial charge in [0.1, 0.15) is 11.6 Å². The van der Waals surface area contributed by atoms with Crippen molar-refractivity contribution in [1.82, 2.24) is 4.98 Å². The van der Waals surface area contributed by atoms with E-state index in [1.807, 2.05) is 36.9 Å². The second kappa shape index (κ2) is 6.71. The number of aromatic nitrogens is 1. The van der Waals surface area contributed by atoms with E-state index in [4.69, 9.17) is 11.6 Å². The Balaban J connectivity index is 2.49. The minimum atomic E-state index is -0.245. The largest absolute Gasteiger partial charge is 0.324 e. The first-order chi connectivity index (χ1) is 9.69. The first kappa shape index (κ1) is 14.8. The molecule has 106 valence electrons. The Hall–Kier alpha value is -1.61. The quantitative estimate of drug-likeness (QED) is 0.744. The van der Waals surface area contributed by atoms with Gasteiger partial charge in [0, 0.05) is 18.1 Å². The second-order valence-electron chi connectivity index (χ2n) is 4.51. The highest BCUT2D eigenvalue weighted by molar-refractivity contribution is 6.17. The van der Waals surface area contributed by atoms with Crippen molar-refractivity contribution in [3.05, 3.63) is 53.5 Å². The maximum Gasteiger partial charge on any atom is 0.146 e. The standard InChI is InChI=1S/C16H18ClFN2/c1-3-13-9-12(11-17)10-16(19-13)20(4-2)15-8-6-5-7-14(15)18/h5-10H,3-4,11H2,1-2H3. The van der Waals surface area contributed by atoms with Gasteiger partial charge < -0.3 is 4.90 Å². The van der Waals surface area contributed by atoms with Gasteiger partial charge >= 0.3 is 0 Å². The molecular weight excluding hydrogens is 275 g/mol. The van der Waals surface area contributed by atoms with Gasteiger partial charge in [0.15, 0.2) is 0 Å². The fourth-order valence-corrected chi connectivity index (χ4v) is 2.31. The van der Waals surface area contributed by atoms with Crippen LogP contribution in [0.1, 0.15) is 25.1 Å². The lowest BCUT2D eigenvalue weighted by molar-refractivity contribution is 0.625. The number of nitrogens with zero attached hydrogens (tertiary/aromatic N) is 2. The topological polar surface area (TPSA) is 16.1 Å². The summed E-state index contributed by atoms with van der Waals surface area (Å²) in [7, 11) is 0. The summed E-state index contributed by atoms with van der Waals surface area (Å²) in [4.78, 5) is 6.45. The molecule has 0 atom stereocenters. The van der Waals surface area contributed by atoms with Crippen molar-refractivity contribution < 1.29 is 4.39 Å². The van der Waals surface area contributed by atoms with Crippen molar-refractivity contribution in [3.8, 4) is 0 Å². The monoisotopic (exact) mass is 292 g/mol. The molecule has 20 heavy (non-hydrogen) atoms. The van der Waals surface area contributed by atoms with Crippen LogP contribution in [-0.2, 0) is 12.3 Å². The summed E-state index contributed by atoms with van der Waals surface area (Å²) >= 11 is 5.93. The van der Waals surface area contributed by atoms with Crippen LogP contribution in [0, 0.1) is 5.82 Å². The highest BCUT2D eigenvalue weighted by Gasteiger charge is 2.14. The number of rotatable bonds is 5. The lowest BCUT2D eigenvalue weighted by Crippen LogP contribution is -2.19. The number of anilines is 2. The van der Waals surface area contributed by atoms with Crippen molar-refractivity contribution in [2.45, 2.75) is 26.1 Å². The third-order valence-electron chi connectivity index (χ3n) is 3.18. The fourth-order valence-electron chi connectivity index (χ4n) is 2.16. The second-order valence-corrected chi connectivity index (χ2v) is 4.78. The number of halogens is 2. The number of benzene rings is 1. The first-order valence-corrected chi connectivity index (χ1v) is 7.30. The minimum absolute atomic E-state index is 0.245. The number of para-hydroxylation sites is 1. The van der Waals surface area contributed by atoms with Crippen molar-refractivity contribution in [2.24, 2.45) is 0 Å². The number of pyridine rings is 1. The smallest absolute Gasteiger partial charge is 0.146 e. The zero-order chi connectivity index (χ0) is 14.5. The lowest BCUT2D eigenvalue weighted by atomic mass is 10.2. The molecule has 0 saturated carbocycles. The Kier molecular flexibility index (Phi) is 4.96. The molecule has 1 heterocycles. The van der Waals surface area contributed by atoms with E-state index in [-0.39, 0.29) is 5.82 Å². The van der Waals surface area contributed by atoms with Gasteiger partial charge in [-0.3, -0.25) is 0 Å². The summed E-state index contributed by atoms with van der Waals surface area (Å²) in [5.74, 6) is 0.926. The molecule has 4 heteroatoms. The predicted octanol–water partition coefficient (Wildman–Crippen LogP) is 4.68. The Bertz CT molecular complexity index is 564. The van der Waals surface area contributed by atoms with Crippen LogP contribution in [0.15, 0.2) is 36.4 Å². The molecule has 0 unspecified atom stereocenters. The van der Waals surface area contributed by atoms with Crippen LogP contribution in [0.2, 0.25) is 0 Å². The van der Waals surface area contributed by atoms with Crippen LogP contribution in [0.4, 0.5) is 15.9 Å². The SMILES string of the molecule is CCc1cc(CCl)cc(N(CC)c2ccccc2F)n1. The summed E-state index contributed by atoms with van der Waals surface area (Å²) in [6.45, 7) is 4.67. The zero-order valence-corrected chi connectivity index (χ0v) is 12.5. The molecule has 1 aromatic heterocycles. The maximum absolute atomic E-state index is 14.0. The van der Waals surface area contributed by atoms with Gasteiger partial charge in [-0.1, -0.05) is 19.1 Å². The summed E-state index contributed by atoms with van der Waals surface area (Å²) in [6, 6.07) is 10.7. The van der Waals surface area contributed by atoms with Crippen LogP contribution < -0.4 is 4.90 Å². The van der Waals surface area contributed by atoms with Crippen molar-refractivity contribution in [3.63, 3.8) is 0 Å². The third kappa shape index (κ3) is 3.10. The van der Waals surface area contributed by atoms with Crippen LogP contribution in [0.3, 0.4) is 0 Å². The predicted molar refractivity (Wildman–Crippen MR) is 82.3 cm³/mol. The van der Waals surface area contributed by atoms with Crippen LogP contribution in [0.25, 0.3) is 0 Å². The summed E-state index contributed by atoms with van der Waals surface area (Å²) < 4.78 is 14.0. The third-order valence-corrected chi connectivity index (χ3v) is 3.49. The molecule has 0 radical (unpaired) electrons. The van der Waals surface area contributed by atoms with E-state index in [0.29, 0.717) is 18.1 Å². The first-order valence-electron chi connectivity index (χ1n) is 6.77. The average molecular weight is 293 g/mol. The van der Waals surface area contributed by atoms with Gasteiger partial charge in [0.05, 0.1) is 5.69 Å². The molecule has 1 aromatic carbocycles. The van der Waals surface area contributed by atoms with E-state index < -0.39 is 0 Å². The van der Waals surface area contributed by atoms with Crippen molar-refractivity contribution in [2.75, 3.05) is 11.4 Å². The number of hydrogen-bond donors (Lipinski definition) is 0. The van der Waals surface area contributed by atoms with Gasteiger partial charge in [-0.2, -0.15) is 0 Å². The molecule has 0 amide bonds. The Morgan fingerprint density at radius 2 is 1.95 bits per heavy atom. The number of aryl methyl sites for hydroxylation is 1. The molecule has 0 bridgehead atoms. The van der Waals surface area contributed by atoms with E-state index in [0.717, 1.165) is 23.5 Å². The molecular formula is C16H18ClFN2. The molecule has 0 aliphatic rings. The summed E-state index contributed by atoms with van der Waals surface area (Å²) in [5.41, 5.74) is 2.51. The van der Waals surface area contributed by atoms with Gasteiger partial charge in [-0.25, -0.2) is 9.37 Å². The highest BCUT2D eigenvalue weighted by Crippen LogP contribution is 2.27. The molecule has 2 rings (SSSR count). The zero-order valence-electron chi connectivity index (χ0n) is 11.7. The van der Waals surface area contributed by atoms with Crippen molar-refractivity contribution >= 4 is 23.1 Å². The lowest BCUT2D eigenvalue weighted by Gasteiger charge is -2.23. The summed E-state index contributed by atoms with van der Waals surface area (Å²) in [5, 5.41) is 0. The van der Waals surface area contributed by atoms with Gasteiger partial charge in [-0.15, -0.1) is 11.6 Å².